The minimum Gasteiger partial charge on any atom is -0.388 e. The van der Waals surface area contributed by atoms with Crippen LogP contribution in [0.25, 0.3) is 25.6 Å². The summed E-state index contributed by atoms with van der Waals surface area (Å²) in [6, 6.07) is 6.65. The number of anilines is 2. The summed E-state index contributed by atoms with van der Waals surface area (Å²) >= 11 is 7.46. The van der Waals surface area contributed by atoms with Crippen molar-refractivity contribution in [1.82, 2.24) is 19.9 Å². The number of aryl methyl sites for hydroxylation is 1. The van der Waals surface area contributed by atoms with Crippen molar-refractivity contribution in [2.75, 3.05) is 5.32 Å². The molecule has 0 aliphatic carbocycles. The second kappa shape index (κ2) is 7.67. The van der Waals surface area contributed by atoms with Crippen molar-refractivity contribution in [2.24, 2.45) is 0 Å². The van der Waals surface area contributed by atoms with Crippen molar-refractivity contribution in [2.45, 2.75) is 13.5 Å². The number of hydrogen-bond acceptors (Lipinski definition) is 7. The maximum Gasteiger partial charge on any atom is 0.198 e. The maximum absolute atomic E-state index is 14.4. The Morgan fingerprint density at radius 3 is 2.90 bits per heavy atom. The van der Waals surface area contributed by atoms with E-state index in [1.807, 2.05) is 0 Å². The van der Waals surface area contributed by atoms with Gasteiger partial charge in [0.1, 0.15) is 27.6 Å². The van der Waals surface area contributed by atoms with Gasteiger partial charge in [-0.05, 0) is 13.0 Å². The van der Waals surface area contributed by atoms with E-state index in [0.29, 0.717) is 43.3 Å². The Kier molecular flexibility index (Phi) is 5.07. The van der Waals surface area contributed by atoms with E-state index in [0.717, 1.165) is 6.20 Å². The van der Waals surface area contributed by atoms with E-state index in [2.05, 4.69) is 30.1 Å². The fraction of sp³-hybridized carbons (Fsp3) is 0.105. The number of aliphatic hydroxyl groups excluding tert-OH is 1. The average Bonchev–Trinajstić information content (AvgIpc) is 3.15. The summed E-state index contributed by atoms with van der Waals surface area (Å²) in [5.41, 5.74) is 1.56. The zero-order valence-corrected chi connectivity index (χ0v) is 16.5. The summed E-state index contributed by atoms with van der Waals surface area (Å²) in [6.45, 7) is 8.83. The van der Waals surface area contributed by atoms with E-state index in [-0.39, 0.29) is 17.9 Å². The number of rotatable bonds is 4. The lowest BCUT2D eigenvalue weighted by molar-refractivity contribution is 0.271. The van der Waals surface area contributed by atoms with Gasteiger partial charge in [0, 0.05) is 22.3 Å². The van der Waals surface area contributed by atoms with Gasteiger partial charge in [-0.15, -0.1) is 11.3 Å². The number of aliphatic hydroxyl groups is 1. The first-order valence-corrected chi connectivity index (χ1v) is 9.53. The van der Waals surface area contributed by atoms with Crippen molar-refractivity contribution in [3.8, 4) is 10.6 Å². The highest BCUT2D eigenvalue weighted by Crippen LogP contribution is 2.42. The summed E-state index contributed by atoms with van der Waals surface area (Å²) in [5, 5.41) is 13.1. The van der Waals surface area contributed by atoms with Crippen LogP contribution in [0.4, 0.5) is 21.7 Å². The Bertz CT molecular complexity index is 1290. The second-order valence-corrected chi connectivity index (χ2v) is 7.40. The molecule has 3 aromatic heterocycles. The summed E-state index contributed by atoms with van der Waals surface area (Å²) in [6.07, 6.45) is 1.07. The molecule has 0 saturated carbocycles. The number of nitrogens with one attached hydrogen (secondary N) is 1. The number of aromatic nitrogens is 4. The fourth-order valence-corrected chi connectivity index (χ4v) is 4.19. The minimum absolute atomic E-state index is 0.117. The van der Waals surface area contributed by atoms with Crippen LogP contribution < -0.4 is 5.32 Å². The molecule has 0 aliphatic heterocycles. The fourth-order valence-electron chi connectivity index (χ4n) is 2.78. The topological polar surface area (TPSA) is 88.2 Å². The van der Waals surface area contributed by atoms with Crippen LogP contribution in [0.1, 0.15) is 11.5 Å². The molecule has 0 unspecified atom stereocenters. The van der Waals surface area contributed by atoms with Gasteiger partial charge in [-0.1, -0.05) is 23.7 Å². The first kappa shape index (κ1) is 19.1. The molecule has 3 heterocycles. The number of nitrogens with zero attached hydrogens (tertiary/aromatic N) is 5. The van der Waals surface area contributed by atoms with Crippen molar-refractivity contribution in [3.05, 3.63) is 64.2 Å². The maximum atomic E-state index is 14.4. The first-order chi connectivity index (χ1) is 14.0. The molecule has 0 bridgehead atoms. The van der Waals surface area contributed by atoms with Crippen molar-refractivity contribution < 1.29 is 9.50 Å². The van der Waals surface area contributed by atoms with Gasteiger partial charge >= 0.3 is 0 Å². The highest BCUT2D eigenvalue weighted by molar-refractivity contribution is 7.22. The lowest BCUT2D eigenvalue weighted by atomic mass is 10.2. The van der Waals surface area contributed by atoms with Crippen LogP contribution in [-0.4, -0.2) is 25.0 Å². The van der Waals surface area contributed by atoms with E-state index < -0.39 is 5.82 Å². The number of halogens is 2. The second-order valence-electron chi connectivity index (χ2n) is 5.99. The third-order valence-corrected chi connectivity index (χ3v) is 5.38. The molecule has 0 amide bonds. The molecule has 144 valence electrons. The largest absolute Gasteiger partial charge is 0.388 e. The molecule has 0 aliphatic rings. The predicted molar refractivity (Wildman–Crippen MR) is 110 cm³/mol. The zero-order valence-electron chi connectivity index (χ0n) is 14.9. The number of benzene rings is 1. The molecule has 2 N–H and O–H groups in total. The van der Waals surface area contributed by atoms with Gasteiger partial charge in [-0.2, -0.15) is 0 Å². The van der Waals surface area contributed by atoms with Gasteiger partial charge < -0.3 is 10.4 Å². The number of fused-ring (bicyclic) bond motifs is 1. The Morgan fingerprint density at radius 2 is 2.14 bits per heavy atom. The molecule has 10 heteroatoms. The molecule has 29 heavy (non-hydrogen) atoms. The van der Waals surface area contributed by atoms with Crippen LogP contribution >= 0.6 is 22.9 Å². The highest BCUT2D eigenvalue weighted by Gasteiger charge is 2.19. The van der Waals surface area contributed by atoms with Crippen LogP contribution in [0.3, 0.4) is 0 Å². The van der Waals surface area contributed by atoms with E-state index in [4.69, 9.17) is 18.2 Å². The Labute approximate surface area is 173 Å². The van der Waals surface area contributed by atoms with Crippen LogP contribution in [0.15, 0.2) is 30.5 Å². The van der Waals surface area contributed by atoms with Gasteiger partial charge in [-0.25, -0.2) is 29.2 Å². The van der Waals surface area contributed by atoms with Crippen LogP contribution in [0.5, 0.6) is 0 Å². The standard InChI is InChI=1S/C19H12ClFN6OS/c1-9-6-13(25-14(8-28)24-9)26-18-17-16(11(21)7-23-18)27-19(29-17)15-10(20)4-3-5-12(15)22-2/h3-7,28H,8H2,1H3,(H,23,24,25,26). The molecular formula is C19H12ClFN6OS. The smallest absolute Gasteiger partial charge is 0.198 e. The monoisotopic (exact) mass is 426 g/mol. The molecule has 0 atom stereocenters. The van der Waals surface area contributed by atoms with Gasteiger partial charge in [0.25, 0.3) is 0 Å². The van der Waals surface area contributed by atoms with Crippen molar-refractivity contribution >= 4 is 50.5 Å². The average molecular weight is 427 g/mol. The third kappa shape index (κ3) is 3.61. The summed E-state index contributed by atoms with van der Waals surface area (Å²) in [5.74, 6) is 0.438. The van der Waals surface area contributed by atoms with Gasteiger partial charge in [0.05, 0.1) is 12.8 Å². The SMILES string of the molecule is [C-]#[N+]c1cccc(Cl)c1-c1nc2c(F)cnc(Nc3cc(C)nc(CO)n3)c2s1. The lowest BCUT2D eigenvalue weighted by Crippen LogP contribution is -2.03. The van der Waals surface area contributed by atoms with Crippen LogP contribution in [-0.2, 0) is 6.61 Å². The number of hydrogen-bond donors (Lipinski definition) is 2. The predicted octanol–water partition coefficient (Wildman–Crippen LogP) is 5.04. The summed E-state index contributed by atoms with van der Waals surface area (Å²) in [7, 11) is 0. The summed E-state index contributed by atoms with van der Waals surface area (Å²) < 4.78 is 14.9. The zero-order chi connectivity index (χ0) is 20.5. The normalized spacial score (nSPS) is 10.9. The quantitative estimate of drug-likeness (QED) is 0.445. The Balaban J connectivity index is 1.86. The molecule has 0 spiro atoms. The highest BCUT2D eigenvalue weighted by atomic mass is 35.5. The van der Waals surface area contributed by atoms with E-state index in [1.54, 1.807) is 31.2 Å². The van der Waals surface area contributed by atoms with E-state index >= 15 is 0 Å². The van der Waals surface area contributed by atoms with Crippen LogP contribution in [0.2, 0.25) is 5.02 Å². The van der Waals surface area contributed by atoms with Crippen LogP contribution in [0, 0.1) is 19.3 Å². The molecule has 0 saturated heterocycles. The lowest BCUT2D eigenvalue weighted by Gasteiger charge is -2.07. The molecule has 4 rings (SSSR count). The molecule has 0 radical (unpaired) electrons. The van der Waals surface area contributed by atoms with Gasteiger partial charge in [0.2, 0.25) is 0 Å². The number of pyridine rings is 1. The molecule has 4 aromatic rings. The third-order valence-electron chi connectivity index (χ3n) is 3.99. The molecule has 0 fully saturated rings. The number of thiazole rings is 1. The summed E-state index contributed by atoms with van der Waals surface area (Å²) in [4.78, 5) is 20.3. The van der Waals surface area contributed by atoms with Gasteiger partial charge in [-0.3, -0.25) is 0 Å². The van der Waals surface area contributed by atoms with E-state index in [1.165, 1.54) is 11.3 Å². The molecule has 7 nitrogen and oxygen atoms in total. The molecular weight excluding hydrogens is 415 g/mol. The molecule has 1 aromatic carbocycles. The van der Waals surface area contributed by atoms with Crippen molar-refractivity contribution in [3.63, 3.8) is 0 Å². The first-order valence-electron chi connectivity index (χ1n) is 8.34. The van der Waals surface area contributed by atoms with Crippen molar-refractivity contribution in [1.29, 1.82) is 0 Å². The Morgan fingerprint density at radius 1 is 1.31 bits per heavy atom. The van der Waals surface area contributed by atoms with Gasteiger partial charge in [0.15, 0.2) is 23.1 Å². The Hall–Kier alpha value is -3.19. The minimum atomic E-state index is -0.584. The van der Waals surface area contributed by atoms with E-state index in [9.17, 15) is 9.50 Å².